The number of rotatable bonds is 5. The van der Waals surface area contributed by atoms with Crippen molar-refractivity contribution in [2.75, 3.05) is 35.8 Å². The lowest BCUT2D eigenvalue weighted by atomic mass is 10.1. The number of carbonyl (C=O) groups is 2. The number of nitrogens with one attached hydrogen (secondary N) is 1. The largest absolute Gasteiger partial charge is 0.573 e. The van der Waals surface area contributed by atoms with Crippen LogP contribution in [0, 0.1) is 5.82 Å². The monoisotopic (exact) mass is 533 g/mol. The average Bonchev–Trinajstić information content (AvgIpc) is 3.34. The SMILES string of the molecule is COC(=O)c1cc(OC(F)(F)F)c(Nc2ncc3c(n2)N(C2CCCC2)CC(F)(F)C(=O)N3C)cc1F. The summed E-state index contributed by atoms with van der Waals surface area (Å²) in [7, 11) is 2.06. The number of anilines is 4. The lowest BCUT2D eigenvalue weighted by Gasteiger charge is -2.31. The number of ether oxygens (including phenoxy) is 2. The number of aromatic nitrogens is 2. The van der Waals surface area contributed by atoms with E-state index in [4.69, 9.17) is 0 Å². The number of amides is 1. The molecular weight excluding hydrogens is 512 g/mol. The molecule has 1 aliphatic carbocycles. The maximum absolute atomic E-state index is 14.7. The predicted octanol–water partition coefficient (Wildman–Crippen LogP) is 4.41. The van der Waals surface area contributed by atoms with E-state index in [9.17, 15) is 35.9 Å². The third-order valence-corrected chi connectivity index (χ3v) is 6.08. The summed E-state index contributed by atoms with van der Waals surface area (Å²) < 4.78 is 91.3. The molecule has 1 saturated carbocycles. The van der Waals surface area contributed by atoms with Gasteiger partial charge in [-0.05, 0) is 12.8 Å². The number of alkyl halides is 5. The van der Waals surface area contributed by atoms with E-state index in [0.717, 1.165) is 38.1 Å². The van der Waals surface area contributed by atoms with Crippen LogP contribution >= 0.6 is 0 Å². The van der Waals surface area contributed by atoms with Gasteiger partial charge in [0.05, 0.1) is 31.1 Å². The van der Waals surface area contributed by atoms with E-state index in [1.165, 1.54) is 4.90 Å². The summed E-state index contributed by atoms with van der Waals surface area (Å²) in [5, 5.41) is 2.39. The average molecular weight is 533 g/mol. The van der Waals surface area contributed by atoms with Gasteiger partial charge in [-0.25, -0.2) is 14.2 Å². The van der Waals surface area contributed by atoms with Gasteiger partial charge in [-0.1, -0.05) is 12.8 Å². The van der Waals surface area contributed by atoms with Crippen LogP contribution in [-0.2, 0) is 9.53 Å². The lowest BCUT2D eigenvalue weighted by molar-refractivity contribution is -0.274. The van der Waals surface area contributed by atoms with Crippen molar-refractivity contribution in [3.05, 3.63) is 29.7 Å². The summed E-state index contributed by atoms with van der Waals surface area (Å²) in [6.07, 6.45) is -1.43. The standard InChI is InChI=1S/C22H21F6N5O4/c1-32-15-9-29-20(31-17(15)33(11-5-3-4-6-11)10-21(24,25)19(32)35)30-14-8-13(23)12(18(34)36-2)7-16(14)37-22(26,27)28/h7-9,11H,3-6,10H2,1-2H3,(H,29,30,31). The third-order valence-electron chi connectivity index (χ3n) is 6.08. The fraction of sp³-hybridized carbons (Fsp3) is 0.455. The zero-order valence-electron chi connectivity index (χ0n) is 19.5. The molecule has 4 rings (SSSR count). The van der Waals surface area contributed by atoms with E-state index in [0.29, 0.717) is 25.0 Å². The molecule has 0 spiro atoms. The van der Waals surface area contributed by atoms with Gasteiger partial charge >= 0.3 is 18.3 Å². The van der Waals surface area contributed by atoms with Gasteiger partial charge in [0.25, 0.3) is 5.91 Å². The number of fused-ring (bicyclic) bond motifs is 1. The van der Waals surface area contributed by atoms with E-state index in [2.05, 4.69) is 24.8 Å². The van der Waals surface area contributed by atoms with Gasteiger partial charge in [0.1, 0.15) is 11.5 Å². The molecule has 0 saturated heterocycles. The van der Waals surface area contributed by atoms with E-state index in [1.807, 2.05) is 0 Å². The highest BCUT2D eigenvalue weighted by atomic mass is 19.4. The Kier molecular flexibility index (Phi) is 6.81. The second-order valence-corrected chi connectivity index (χ2v) is 8.53. The number of methoxy groups -OCH3 is 1. The first kappa shape index (κ1) is 26.3. The molecule has 1 fully saturated rings. The molecule has 200 valence electrons. The minimum absolute atomic E-state index is 0.0291. The molecule has 2 heterocycles. The molecule has 0 radical (unpaired) electrons. The van der Waals surface area contributed by atoms with Crippen molar-refractivity contribution in [3.63, 3.8) is 0 Å². The molecule has 9 nitrogen and oxygen atoms in total. The zero-order chi connectivity index (χ0) is 27.1. The first-order valence-electron chi connectivity index (χ1n) is 11.0. The molecule has 1 amide bonds. The van der Waals surface area contributed by atoms with Crippen LogP contribution in [0.1, 0.15) is 36.0 Å². The number of esters is 1. The van der Waals surface area contributed by atoms with E-state index < -0.39 is 53.5 Å². The highest BCUT2D eigenvalue weighted by Gasteiger charge is 2.48. The molecule has 0 atom stereocenters. The summed E-state index contributed by atoms with van der Waals surface area (Å²) >= 11 is 0. The first-order valence-corrected chi connectivity index (χ1v) is 11.0. The quantitative estimate of drug-likeness (QED) is 0.446. The Balaban J connectivity index is 1.78. The minimum Gasteiger partial charge on any atom is -0.465 e. The molecule has 2 aliphatic rings. The summed E-state index contributed by atoms with van der Waals surface area (Å²) in [4.78, 5) is 34.3. The van der Waals surface area contributed by atoms with Crippen LogP contribution in [0.5, 0.6) is 5.75 Å². The molecule has 1 aromatic carbocycles. The maximum Gasteiger partial charge on any atom is 0.573 e. The number of hydrogen-bond acceptors (Lipinski definition) is 8. The predicted molar refractivity (Wildman–Crippen MR) is 118 cm³/mol. The Morgan fingerprint density at radius 3 is 2.51 bits per heavy atom. The van der Waals surface area contributed by atoms with Gasteiger partial charge in [-0.15, -0.1) is 13.2 Å². The zero-order valence-corrected chi connectivity index (χ0v) is 19.5. The summed E-state index contributed by atoms with van der Waals surface area (Å²) in [5.74, 6) is -9.06. The van der Waals surface area contributed by atoms with Crippen molar-refractivity contribution in [3.8, 4) is 5.75 Å². The van der Waals surface area contributed by atoms with Gasteiger partial charge in [0.15, 0.2) is 11.6 Å². The normalized spacial score (nSPS) is 17.9. The Morgan fingerprint density at radius 1 is 1.22 bits per heavy atom. The number of carbonyl (C=O) groups excluding carboxylic acids is 2. The van der Waals surface area contributed by atoms with Crippen molar-refractivity contribution in [2.45, 2.75) is 44.0 Å². The molecule has 1 aromatic heterocycles. The highest BCUT2D eigenvalue weighted by molar-refractivity contribution is 6.02. The van der Waals surface area contributed by atoms with Crippen LogP contribution in [0.2, 0.25) is 0 Å². The van der Waals surface area contributed by atoms with E-state index in [1.54, 1.807) is 0 Å². The second-order valence-electron chi connectivity index (χ2n) is 8.53. The van der Waals surface area contributed by atoms with Crippen molar-refractivity contribution >= 4 is 35.0 Å². The van der Waals surface area contributed by atoms with Gasteiger partial charge in [0.2, 0.25) is 5.95 Å². The van der Waals surface area contributed by atoms with Crippen LogP contribution in [-0.4, -0.2) is 60.9 Å². The van der Waals surface area contributed by atoms with Crippen molar-refractivity contribution in [2.24, 2.45) is 0 Å². The number of nitrogens with zero attached hydrogens (tertiary/aromatic N) is 4. The molecule has 0 unspecified atom stereocenters. The maximum atomic E-state index is 14.7. The summed E-state index contributed by atoms with van der Waals surface area (Å²) in [6, 6.07) is 0.701. The van der Waals surface area contributed by atoms with E-state index in [-0.39, 0.29) is 23.5 Å². The Hall–Kier alpha value is -3.78. The van der Waals surface area contributed by atoms with Gasteiger partial charge in [-0.2, -0.15) is 13.8 Å². The van der Waals surface area contributed by atoms with Gasteiger partial charge in [0, 0.05) is 25.2 Å². The number of halogens is 6. The van der Waals surface area contributed by atoms with Crippen LogP contribution in [0.4, 0.5) is 49.5 Å². The van der Waals surface area contributed by atoms with Crippen molar-refractivity contribution in [1.82, 2.24) is 9.97 Å². The van der Waals surface area contributed by atoms with Crippen LogP contribution in [0.3, 0.4) is 0 Å². The van der Waals surface area contributed by atoms with Gasteiger partial charge < -0.3 is 24.6 Å². The molecule has 15 heteroatoms. The van der Waals surface area contributed by atoms with Crippen molar-refractivity contribution < 1.29 is 45.4 Å². The van der Waals surface area contributed by atoms with Crippen molar-refractivity contribution in [1.29, 1.82) is 0 Å². The van der Waals surface area contributed by atoms with Gasteiger partial charge in [-0.3, -0.25) is 4.79 Å². The Morgan fingerprint density at radius 2 is 1.89 bits per heavy atom. The molecule has 2 aromatic rings. The molecule has 0 bridgehead atoms. The molecule has 1 aliphatic heterocycles. The lowest BCUT2D eigenvalue weighted by Crippen LogP contribution is -2.48. The summed E-state index contributed by atoms with van der Waals surface area (Å²) in [6.45, 7) is -0.949. The Labute approximate surface area is 206 Å². The minimum atomic E-state index is -5.20. The van der Waals surface area contributed by atoms with Crippen LogP contribution in [0.15, 0.2) is 18.3 Å². The number of hydrogen-bond donors (Lipinski definition) is 1. The van der Waals surface area contributed by atoms with E-state index >= 15 is 0 Å². The Bertz CT molecular complexity index is 1220. The fourth-order valence-electron chi connectivity index (χ4n) is 4.35. The highest BCUT2D eigenvalue weighted by Crippen LogP contribution is 2.40. The number of benzene rings is 1. The fourth-order valence-corrected chi connectivity index (χ4v) is 4.35. The van der Waals surface area contributed by atoms with Crippen LogP contribution in [0.25, 0.3) is 0 Å². The van der Waals surface area contributed by atoms with Crippen LogP contribution < -0.4 is 19.9 Å². The third kappa shape index (κ3) is 5.34. The second kappa shape index (κ2) is 9.59. The molecule has 37 heavy (non-hydrogen) atoms. The summed E-state index contributed by atoms with van der Waals surface area (Å²) in [5.41, 5.74) is -1.44. The smallest absolute Gasteiger partial charge is 0.465 e. The first-order chi connectivity index (χ1) is 17.3. The molecular formula is C22H21F6N5O4. The topological polar surface area (TPSA) is 96.9 Å². The molecule has 1 N–H and O–H groups in total.